The van der Waals surface area contributed by atoms with Crippen LogP contribution in [0.3, 0.4) is 0 Å². The number of anilines is 1. The van der Waals surface area contributed by atoms with Gasteiger partial charge in [-0.3, -0.25) is 4.79 Å². The van der Waals surface area contributed by atoms with Crippen LogP contribution in [0.5, 0.6) is 0 Å². The summed E-state index contributed by atoms with van der Waals surface area (Å²) in [5.41, 5.74) is 3.33. The Morgan fingerprint density at radius 2 is 1.77 bits per heavy atom. The van der Waals surface area contributed by atoms with Gasteiger partial charge in [-0.05, 0) is 40.6 Å². The maximum absolute atomic E-state index is 12.3. The van der Waals surface area contributed by atoms with Gasteiger partial charge in [0.25, 0.3) is 5.91 Å². The number of hydrogen-bond donors (Lipinski definition) is 1. The van der Waals surface area contributed by atoms with Crippen LogP contribution in [0.4, 0.5) is 5.69 Å². The Kier molecular flexibility index (Phi) is 2.98. The van der Waals surface area contributed by atoms with E-state index in [4.69, 9.17) is 11.6 Å². The molecule has 1 aliphatic heterocycles. The molecule has 0 radical (unpaired) electrons. The molecule has 0 aromatic heterocycles. The van der Waals surface area contributed by atoms with Gasteiger partial charge < -0.3 is 5.32 Å². The van der Waals surface area contributed by atoms with Crippen LogP contribution < -0.4 is 5.32 Å². The number of benzene rings is 3. The Bertz CT molecular complexity index is 938. The molecule has 4 rings (SSSR count). The monoisotopic (exact) mass is 305 g/mol. The van der Waals surface area contributed by atoms with E-state index in [-0.39, 0.29) is 5.91 Å². The van der Waals surface area contributed by atoms with Gasteiger partial charge in [0.15, 0.2) is 0 Å². The lowest BCUT2D eigenvalue weighted by atomic mass is 10.00. The van der Waals surface area contributed by atoms with Crippen molar-refractivity contribution in [2.24, 2.45) is 0 Å². The minimum atomic E-state index is -0.0924. The molecule has 1 amide bonds. The lowest BCUT2D eigenvalue weighted by molar-refractivity contribution is -0.110. The van der Waals surface area contributed by atoms with Crippen LogP contribution in [0.1, 0.15) is 11.1 Å². The Morgan fingerprint density at radius 1 is 0.955 bits per heavy atom. The molecule has 3 heteroatoms. The largest absolute Gasteiger partial charge is 0.321 e. The summed E-state index contributed by atoms with van der Waals surface area (Å²) < 4.78 is 0. The summed E-state index contributed by atoms with van der Waals surface area (Å²) in [5.74, 6) is -0.0924. The lowest BCUT2D eigenvalue weighted by Gasteiger charge is -2.04. The molecule has 0 saturated carbocycles. The highest BCUT2D eigenvalue weighted by molar-refractivity contribution is 6.37. The Balaban J connectivity index is 1.93. The molecule has 0 atom stereocenters. The number of halogens is 1. The van der Waals surface area contributed by atoms with E-state index in [1.807, 2.05) is 42.5 Å². The third-order valence-electron chi connectivity index (χ3n) is 3.89. The minimum absolute atomic E-state index is 0.0924. The average Bonchev–Trinajstić information content (AvgIpc) is 2.83. The summed E-state index contributed by atoms with van der Waals surface area (Å²) in [6, 6.07) is 19.7. The van der Waals surface area contributed by atoms with Gasteiger partial charge >= 0.3 is 0 Å². The molecule has 1 heterocycles. The van der Waals surface area contributed by atoms with Gasteiger partial charge in [0.05, 0.1) is 0 Å². The zero-order valence-electron chi connectivity index (χ0n) is 11.6. The fourth-order valence-corrected chi connectivity index (χ4v) is 3.01. The summed E-state index contributed by atoms with van der Waals surface area (Å²) in [4.78, 5) is 12.3. The predicted octanol–water partition coefficient (Wildman–Crippen LogP) is 4.99. The van der Waals surface area contributed by atoms with Gasteiger partial charge in [-0.2, -0.15) is 0 Å². The molecule has 0 unspecified atom stereocenters. The highest BCUT2D eigenvalue weighted by atomic mass is 35.5. The molecule has 3 aromatic rings. The third kappa shape index (κ3) is 2.09. The van der Waals surface area contributed by atoms with Gasteiger partial charge in [-0.25, -0.2) is 0 Å². The van der Waals surface area contributed by atoms with Crippen LogP contribution in [0.2, 0.25) is 5.02 Å². The first-order chi connectivity index (χ1) is 10.7. The first kappa shape index (κ1) is 13.1. The summed E-state index contributed by atoms with van der Waals surface area (Å²) in [6.45, 7) is 0. The second-order valence-corrected chi connectivity index (χ2v) is 5.71. The van der Waals surface area contributed by atoms with Crippen molar-refractivity contribution in [3.05, 3.63) is 76.8 Å². The first-order valence-corrected chi connectivity index (χ1v) is 7.41. The second-order valence-electron chi connectivity index (χ2n) is 5.27. The number of amides is 1. The highest BCUT2D eigenvalue weighted by Gasteiger charge is 2.24. The van der Waals surface area contributed by atoms with Crippen molar-refractivity contribution < 1.29 is 4.79 Å². The van der Waals surface area contributed by atoms with Gasteiger partial charge in [-0.15, -0.1) is 0 Å². The Hall–Kier alpha value is -2.58. The van der Waals surface area contributed by atoms with Crippen LogP contribution >= 0.6 is 11.6 Å². The zero-order chi connectivity index (χ0) is 15.1. The average molecular weight is 306 g/mol. The second kappa shape index (κ2) is 5.00. The van der Waals surface area contributed by atoms with Gasteiger partial charge in [-0.1, -0.05) is 54.1 Å². The van der Waals surface area contributed by atoms with Crippen molar-refractivity contribution >= 4 is 45.6 Å². The van der Waals surface area contributed by atoms with E-state index in [9.17, 15) is 4.79 Å². The first-order valence-electron chi connectivity index (χ1n) is 7.03. The minimum Gasteiger partial charge on any atom is -0.321 e. The molecule has 1 aliphatic rings. The standard InChI is InChI=1S/C19H12ClNO/c20-14-8-9-18-16(11-14)17(19(22)21-18)10-13-6-3-5-12-4-1-2-7-15(12)13/h1-11H,(H,21,22)/b17-10+. The molecular formula is C19H12ClNO. The van der Waals surface area contributed by atoms with E-state index in [1.54, 1.807) is 6.07 Å². The van der Waals surface area contributed by atoms with Crippen molar-refractivity contribution in [1.29, 1.82) is 0 Å². The van der Waals surface area contributed by atoms with Crippen molar-refractivity contribution in [2.45, 2.75) is 0 Å². The predicted molar refractivity (Wildman–Crippen MR) is 91.9 cm³/mol. The van der Waals surface area contributed by atoms with E-state index >= 15 is 0 Å². The number of fused-ring (bicyclic) bond motifs is 2. The molecule has 1 N–H and O–H groups in total. The van der Waals surface area contributed by atoms with Crippen molar-refractivity contribution in [3.63, 3.8) is 0 Å². The molecular weight excluding hydrogens is 294 g/mol. The summed E-state index contributed by atoms with van der Waals surface area (Å²) >= 11 is 6.07. The van der Waals surface area contributed by atoms with Crippen molar-refractivity contribution in [1.82, 2.24) is 0 Å². The number of nitrogens with one attached hydrogen (secondary N) is 1. The summed E-state index contributed by atoms with van der Waals surface area (Å²) in [6.07, 6.45) is 1.93. The molecule has 0 spiro atoms. The lowest BCUT2D eigenvalue weighted by Crippen LogP contribution is -2.03. The molecule has 0 saturated heterocycles. The summed E-state index contributed by atoms with van der Waals surface area (Å²) in [5, 5.41) is 5.78. The quantitative estimate of drug-likeness (QED) is 0.631. The topological polar surface area (TPSA) is 29.1 Å². The van der Waals surface area contributed by atoms with E-state index in [0.29, 0.717) is 10.6 Å². The van der Waals surface area contributed by atoms with Crippen LogP contribution in [0, 0.1) is 0 Å². The van der Waals surface area contributed by atoms with Gasteiger partial charge in [0, 0.05) is 21.8 Å². The fraction of sp³-hybridized carbons (Fsp3) is 0. The molecule has 0 fully saturated rings. The van der Waals surface area contributed by atoms with Crippen LogP contribution in [0.25, 0.3) is 22.4 Å². The smallest absolute Gasteiger partial charge is 0.256 e. The maximum Gasteiger partial charge on any atom is 0.256 e. The van der Waals surface area contributed by atoms with E-state index in [2.05, 4.69) is 23.5 Å². The molecule has 22 heavy (non-hydrogen) atoms. The van der Waals surface area contributed by atoms with E-state index < -0.39 is 0 Å². The summed E-state index contributed by atoms with van der Waals surface area (Å²) in [7, 11) is 0. The zero-order valence-corrected chi connectivity index (χ0v) is 12.4. The third-order valence-corrected chi connectivity index (χ3v) is 4.12. The van der Waals surface area contributed by atoms with Crippen molar-refractivity contribution in [3.8, 4) is 0 Å². The Labute approximate surface area is 133 Å². The number of carbonyl (C=O) groups is 1. The normalized spacial score (nSPS) is 15.1. The molecule has 0 aliphatic carbocycles. The van der Waals surface area contributed by atoms with Crippen molar-refractivity contribution in [2.75, 3.05) is 5.32 Å². The number of rotatable bonds is 1. The number of carbonyl (C=O) groups excluding carboxylic acids is 1. The van der Waals surface area contributed by atoms with Gasteiger partial charge in [0.2, 0.25) is 0 Å². The van der Waals surface area contributed by atoms with E-state index in [1.165, 1.54) is 0 Å². The fourth-order valence-electron chi connectivity index (χ4n) is 2.84. The van der Waals surface area contributed by atoms with Crippen LogP contribution in [-0.2, 0) is 4.79 Å². The van der Waals surface area contributed by atoms with Crippen LogP contribution in [0.15, 0.2) is 60.7 Å². The maximum atomic E-state index is 12.3. The van der Waals surface area contributed by atoms with E-state index in [0.717, 1.165) is 27.6 Å². The SMILES string of the molecule is O=C1Nc2ccc(Cl)cc2/C1=C\c1cccc2ccccc12. The number of hydrogen-bond acceptors (Lipinski definition) is 1. The van der Waals surface area contributed by atoms with Gasteiger partial charge in [0.1, 0.15) is 0 Å². The molecule has 3 aromatic carbocycles. The molecule has 106 valence electrons. The molecule has 2 nitrogen and oxygen atoms in total. The highest BCUT2D eigenvalue weighted by Crippen LogP contribution is 2.35. The van der Waals surface area contributed by atoms with Crippen LogP contribution in [-0.4, -0.2) is 5.91 Å². The Morgan fingerprint density at radius 3 is 2.68 bits per heavy atom. The molecule has 0 bridgehead atoms.